The average Bonchev–Trinajstić information content (AvgIpc) is 2.61. The van der Waals surface area contributed by atoms with Crippen LogP contribution >= 0.6 is 11.3 Å². The maximum Gasteiger partial charge on any atom is 0.356 e. The summed E-state index contributed by atoms with van der Waals surface area (Å²) in [6, 6.07) is 0. The maximum absolute atomic E-state index is 11.2. The van der Waals surface area contributed by atoms with E-state index in [2.05, 4.69) is 10.3 Å². The van der Waals surface area contributed by atoms with Crippen LogP contribution in [0.1, 0.15) is 33.5 Å². The van der Waals surface area contributed by atoms with Gasteiger partial charge in [-0.3, -0.25) is 9.59 Å². The first kappa shape index (κ1) is 13.1. The van der Waals surface area contributed by atoms with Crippen molar-refractivity contribution in [2.75, 3.05) is 11.9 Å². The van der Waals surface area contributed by atoms with Gasteiger partial charge in [0.15, 0.2) is 16.6 Å². The molecule has 0 radical (unpaired) electrons. The molecule has 0 aromatic carbocycles. The molecular formula is C9H11N3O4S. The Labute approximate surface area is 101 Å². The lowest BCUT2D eigenvalue weighted by Crippen LogP contribution is -2.15. The number of carbonyl (C=O) groups is 3. The largest absolute Gasteiger partial charge is 0.476 e. The molecule has 1 aromatic heterocycles. The summed E-state index contributed by atoms with van der Waals surface area (Å²) in [6.07, 6.45) is 0.109. The Hall–Kier alpha value is -1.96. The van der Waals surface area contributed by atoms with Crippen molar-refractivity contribution in [3.8, 4) is 0 Å². The number of hydrogen-bond acceptors (Lipinski definition) is 6. The summed E-state index contributed by atoms with van der Waals surface area (Å²) in [5.74, 6) is -2.09. The molecule has 0 saturated carbocycles. The second-order valence-corrected chi connectivity index (χ2v) is 4.20. The van der Waals surface area contributed by atoms with Gasteiger partial charge >= 0.3 is 5.97 Å². The van der Waals surface area contributed by atoms with Crippen molar-refractivity contribution in [3.05, 3.63) is 10.6 Å². The Bertz CT molecular complexity index is 437. The topological polar surface area (TPSA) is 122 Å². The minimum atomic E-state index is -1.26. The summed E-state index contributed by atoms with van der Waals surface area (Å²) in [7, 11) is 0. The summed E-state index contributed by atoms with van der Waals surface area (Å²) in [5.41, 5.74) is 4.67. The summed E-state index contributed by atoms with van der Waals surface area (Å²) in [6.45, 7) is 1.52. The highest BCUT2D eigenvalue weighted by Crippen LogP contribution is 2.23. The fourth-order valence-corrected chi connectivity index (χ4v) is 1.95. The van der Waals surface area contributed by atoms with E-state index in [-0.39, 0.29) is 34.5 Å². The van der Waals surface area contributed by atoms with Gasteiger partial charge in [-0.2, -0.15) is 0 Å². The predicted octanol–water partition coefficient (Wildman–Crippen LogP) is 0.331. The fourth-order valence-electron chi connectivity index (χ4n) is 1.07. The molecule has 0 fully saturated rings. The average molecular weight is 257 g/mol. The van der Waals surface area contributed by atoms with E-state index in [1.165, 1.54) is 6.92 Å². The number of nitrogens with two attached hydrogens (primary N) is 1. The van der Waals surface area contributed by atoms with Gasteiger partial charge in [0, 0.05) is 19.9 Å². The van der Waals surface area contributed by atoms with Gasteiger partial charge in [-0.25, -0.2) is 9.78 Å². The predicted molar refractivity (Wildman–Crippen MR) is 61.4 cm³/mol. The lowest BCUT2D eigenvalue weighted by molar-refractivity contribution is -0.117. The molecule has 17 heavy (non-hydrogen) atoms. The zero-order chi connectivity index (χ0) is 13.0. The van der Waals surface area contributed by atoms with Crippen LogP contribution in [0, 0.1) is 0 Å². The Kier molecular flexibility index (Phi) is 4.16. The quantitative estimate of drug-likeness (QED) is 0.631. The van der Waals surface area contributed by atoms with Crippen molar-refractivity contribution in [1.82, 2.24) is 4.98 Å². The second kappa shape index (κ2) is 5.39. The maximum atomic E-state index is 11.2. The number of carboxylic acid groups (broad SMARTS) is 1. The van der Waals surface area contributed by atoms with Crippen molar-refractivity contribution < 1.29 is 19.5 Å². The molecule has 4 N–H and O–H groups in total. The number of carbonyl (C=O) groups excluding carboxylic acids is 2. The van der Waals surface area contributed by atoms with Crippen LogP contribution in [0.15, 0.2) is 0 Å². The molecule has 1 amide bonds. The van der Waals surface area contributed by atoms with Crippen molar-refractivity contribution >= 4 is 34.1 Å². The Morgan fingerprint density at radius 2 is 2.12 bits per heavy atom. The van der Waals surface area contributed by atoms with Crippen LogP contribution in [-0.2, 0) is 4.79 Å². The molecule has 1 aromatic rings. The van der Waals surface area contributed by atoms with Crippen molar-refractivity contribution in [2.45, 2.75) is 13.3 Å². The molecule has 0 saturated heterocycles. The fraction of sp³-hybridized carbons (Fsp3) is 0.333. The van der Waals surface area contributed by atoms with E-state index in [9.17, 15) is 14.4 Å². The van der Waals surface area contributed by atoms with E-state index < -0.39 is 11.9 Å². The third-order valence-electron chi connectivity index (χ3n) is 1.80. The van der Waals surface area contributed by atoms with E-state index in [1.807, 2.05) is 0 Å². The smallest absolute Gasteiger partial charge is 0.356 e. The minimum absolute atomic E-state index is 0.0825. The number of primary amides is 1. The van der Waals surface area contributed by atoms with Gasteiger partial charge in [0.2, 0.25) is 5.91 Å². The highest BCUT2D eigenvalue weighted by Gasteiger charge is 2.20. The monoisotopic (exact) mass is 257 g/mol. The number of Topliss-reactive ketones (excluding diaryl/α,β-unsaturated/α-hetero) is 1. The molecule has 0 aliphatic carbocycles. The van der Waals surface area contributed by atoms with Gasteiger partial charge in [0.05, 0.1) is 0 Å². The lowest BCUT2D eigenvalue weighted by atomic mass is 10.3. The van der Waals surface area contributed by atoms with Gasteiger partial charge in [-0.05, 0) is 0 Å². The summed E-state index contributed by atoms with van der Waals surface area (Å²) >= 11 is 0.943. The normalized spacial score (nSPS) is 9.94. The Morgan fingerprint density at radius 1 is 1.47 bits per heavy atom. The van der Waals surface area contributed by atoms with Crippen molar-refractivity contribution in [1.29, 1.82) is 0 Å². The van der Waals surface area contributed by atoms with Gasteiger partial charge in [0.25, 0.3) is 0 Å². The van der Waals surface area contributed by atoms with Crippen molar-refractivity contribution in [2.24, 2.45) is 5.73 Å². The van der Waals surface area contributed by atoms with Gasteiger partial charge < -0.3 is 16.2 Å². The van der Waals surface area contributed by atoms with Crippen LogP contribution in [0.2, 0.25) is 0 Å². The third kappa shape index (κ3) is 3.52. The van der Waals surface area contributed by atoms with E-state index in [0.29, 0.717) is 0 Å². The molecule has 0 bridgehead atoms. The third-order valence-corrected chi connectivity index (χ3v) is 2.91. The molecule has 1 heterocycles. The molecular weight excluding hydrogens is 246 g/mol. The van der Waals surface area contributed by atoms with Crippen LogP contribution in [0.25, 0.3) is 0 Å². The number of thiazole rings is 1. The molecule has 7 nitrogen and oxygen atoms in total. The molecule has 0 atom stereocenters. The number of ketones is 1. The molecule has 92 valence electrons. The first-order chi connectivity index (χ1) is 7.91. The molecule has 0 aliphatic rings. The number of hydrogen-bond donors (Lipinski definition) is 3. The standard InChI is InChI=1S/C9H11N3O4S/c1-4(13)7-6(8(15)16)12-9(17-7)11-3-2-5(10)14/h2-3H2,1H3,(H2,10,14)(H,11,12)(H,15,16). The summed E-state index contributed by atoms with van der Waals surface area (Å²) in [5, 5.41) is 11.9. The molecule has 8 heteroatoms. The number of amides is 1. The molecule has 1 rings (SSSR count). The molecule has 0 unspecified atom stereocenters. The molecule has 0 aliphatic heterocycles. The van der Waals surface area contributed by atoms with E-state index in [0.717, 1.165) is 11.3 Å². The van der Waals surface area contributed by atoms with Gasteiger partial charge in [0.1, 0.15) is 4.88 Å². The number of aromatic carboxylic acids is 1. The Balaban J connectivity index is 2.81. The number of nitrogens with one attached hydrogen (secondary N) is 1. The number of nitrogens with zero attached hydrogens (tertiary/aromatic N) is 1. The number of rotatable bonds is 6. The van der Waals surface area contributed by atoms with E-state index in [1.54, 1.807) is 0 Å². The highest BCUT2D eigenvalue weighted by atomic mass is 32.1. The van der Waals surface area contributed by atoms with Gasteiger partial charge in [-0.1, -0.05) is 11.3 Å². The van der Waals surface area contributed by atoms with Crippen LogP contribution in [0.3, 0.4) is 0 Å². The minimum Gasteiger partial charge on any atom is -0.476 e. The SMILES string of the molecule is CC(=O)c1sc(NCCC(N)=O)nc1C(=O)O. The summed E-state index contributed by atoms with van der Waals surface area (Å²) in [4.78, 5) is 36.3. The zero-order valence-electron chi connectivity index (χ0n) is 9.02. The number of carboxylic acids is 1. The lowest BCUT2D eigenvalue weighted by Gasteiger charge is -1.98. The van der Waals surface area contributed by atoms with E-state index in [4.69, 9.17) is 10.8 Å². The highest BCUT2D eigenvalue weighted by molar-refractivity contribution is 7.17. The first-order valence-corrected chi connectivity index (χ1v) is 5.50. The van der Waals surface area contributed by atoms with Crippen molar-refractivity contribution in [3.63, 3.8) is 0 Å². The van der Waals surface area contributed by atoms with Crippen LogP contribution in [0.4, 0.5) is 5.13 Å². The number of aromatic nitrogens is 1. The van der Waals surface area contributed by atoms with E-state index >= 15 is 0 Å². The molecule has 0 spiro atoms. The second-order valence-electron chi connectivity index (χ2n) is 3.20. The van der Waals surface area contributed by atoms with Crippen LogP contribution < -0.4 is 11.1 Å². The van der Waals surface area contributed by atoms with Crippen LogP contribution in [-0.4, -0.2) is 34.3 Å². The Morgan fingerprint density at radius 3 is 2.53 bits per heavy atom. The van der Waals surface area contributed by atoms with Gasteiger partial charge in [-0.15, -0.1) is 0 Å². The summed E-state index contributed by atoms with van der Waals surface area (Å²) < 4.78 is 0. The zero-order valence-corrected chi connectivity index (χ0v) is 9.84. The number of anilines is 1. The first-order valence-electron chi connectivity index (χ1n) is 4.69. The van der Waals surface area contributed by atoms with Crippen LogP contribution in [0.5, 0.6) is 0 Å².